The molecular formula is C50H69N3O7. The predicted octanol–water partition coefficient (Wildman–Crippen LogP) is 8.63. The Morgan fingerprint density at radius 3 is 2.50 bits per heavy atom. The van der Waals surface area contributed by atoms with Crippen molar-refractivity contribution in [3.05, 3.63) is 107 Å². The number of unbranched alkanes of at least 4 members (excludes halogenated alkanes) is 4. The van der Waals surface area contributed by atoms with Crippen molar-refractivity contribution >= 4 is 5.97 Å². The van der Waals surface area contributed by atoms with Crippen LogP contribution in [0.4, 0.5) is 0 Å². The summed E-state index contributed by atoms with van der Waals surface area (Å²) in [6.07, 6.45) is 19.8. The molecule has 1 saturated carbocycles. The third kappa shape index (κ3) is 12.3. The normalized spacial score (nSPS) is 25.0. The second-order valence-electron chi connectivity index (χ2n) is 18.1. The minimum Gasteiger partial charge on any atom is -0.508 e. The number of nitrogens with one attached hydrogen (secondary N) is 2. The maximum absolute atomic E-state index is 12.5. The lowest BCUT2D eigenvalue weighted by Crippen LogP contribution is -2.37. The molecule has 0 amide bonds. The van der Waals surface area contributed by atoms with E-state index >= 15 is 0 Å². The Labute approximate surface area is 356 Å². The van der Waals surface area contributed by atoms with Gasteiger partial charge in [0.25, 0.3) is 0 Å². The van der Waals surface area contributed by atoms with Crippen molar-refractivity contribution in [1.29, 1.82) is 0 Å². The average Bonchev–Trinajstić information content (AvgIpc) is 3.80. The van der Waals surface area contributed by atoms with E-state index in [9.17, 15) is 35.4 Å². The highest BCUT2D eigenvalue weighted by Gasteiger charge is 2.46. The number of rotatable bonds is 22. The maximum atomic E-state index is 12.5. The van der Waals surface area contributed by atoms with Gasteiger partial charge in [-0.3, -0.25) is 4.79 Å². The molecule has 2 aromatic carbocycles. The molecule has 0 saturated heterocycles. The van der Waals surface area contributed by atoms with Crippen LogP contribution in [-0.4, -0.2) is 65.9 Å². The molecule has 2 heterocycles. The lowest BCUT2D eigenvalue weighted by atomic mass is 9.80. The van der Waals surface area contributed by atoms with Crippen molar-refractivity contribution in [2.45, 2.75) is 134 Å². The molecule has 326 valence electrons. The summed E-state index contributed by atoms with van der Waals surface area (Å²) in [6.45, 7) is 2.86. The van der Waals surface area contributed by atoms with Crippen LogP contribution in [-0.2, 0) is 17.6 Å². The molecule has 1 fully saturated rings. The summed E-state index contributed by atoms with van der Waals surface area (Å²) in [7, 11) is 0. The Hall–Kier alpha value is -4.51. The monoisotopic (exact) mass is 824 g/mol. The van der Waals surface area contributed by atoms with E-state index in [-0.39, 0.29) is 48.2 Å². The number of hydrogen-bond acceptors (Lipinski definition) is 8. The van der Waals surface area contributed by atoms with Gasteiger partial charge in [0, 0.05) is 47.5 Å². The van der Waals surface area contributed by atoms with Crippen molar-refractivity contribution in [3.63, 3.8) is 0 Å². The first kappa shape index (κ1) is 45.0. The number of dihydropyridines is 1. The zero-order chi connectivity index (χ0) is 42.6. The molecule has 3 aromatic rings. The second-order valence-corrected chi connectivity index (χ2v) is 18.1. The van der Waals surface area contributed by atoms with Crippen LogP contribution >= 0.6 is 0 Å². The van der Waals surface area contributed by atoms with Gasteiger partial charge in [0.2, 0.25) is 0 Å². The third-order valence-electron chi connectivity index (χ3n) is 13.5. The minimum atomic E-state index is -1.13. The summed E-state index contributed by atoms with van der Waals surface area (Å²) in [6, 6.07) is 16.8. The minimum absolute atomic E-state index is 0.0148. The number of carbonyl (C=O) groups is 1. The Morgan fingerprint density at radius 1 is 0.950 bits per heavy atom. The number of nitrogens with two attached hydrogens (primary N) is 1. The summed E-state index contributed by atoms with van der Waals surface area (Å²) < 4.78 is 0. The van der Waals surface area contributed by atoms with Crippen LogP contribution in [0.5, 0.6) is 11.5 Å². The molecular weight excluding hydrogens is 755 g/mol. The summed E-state index contributed by atoms with van der Waals surface area (Å²) in [5.74, 6) is -0.723. The number of aliphatic carboxylic acids is 1. The lowest BCUT2D eigenvalue weighted by molar-refractivity contribution is -0.146. The van der Waals surface area contributed by atoms with Crippen LogP contribution in [0.25, 0.3) is 11.3 Å². The summed E-state index contributed by atoms with van der Waals surface area (Å²) >= 11 is 0. The fourth-order valence-electron chi connectivity index (χ4n) is 10.2. The summed E-state index contributed by atoms with van der Waals surface area (Å²) in [5, 5.41) is 69.3. The maximum Gasteiger partial charge on any atom is 0.309 e. The molecule has 10 N–H and O–H groups in total. The van der Waals surface area contributed by atoms with Crippen molar-refractivity contribution in [2.24, 2.45) is 35.3 Å². The quantitative estimate of drug-likeness (QED) is 0.0353. The van der Waals surface area contributed by atoms with Crippen LogP contribution < -0.4 is 11.1 Å². The largest absolute Gasteiger partial charge is 0.508 e. The van der Waals surface area contributed by atoms with Gasteiger partial charge in [-0.25, -0.2) is 0 Å². The van der Waals surface area contributed by atoms with Gasteiger partial charge >= 0.3 is 5.97 Å². The Kier molecular flexibility index (Phi) is 16.0. The van der Waals surface area contributed by atoms with E-state index in [1.165, 1.54) is 25.3 Å². The van der Waals surface area contributed by atoms with Gasteiger partial charge < -0.3 is 46.7 Å². The number of H-pyrrole nitrogens is 1. The molecule has 10 heteroatoms. The number of aliphatic hydroxyl groups is 3. The number of aliphatic hydroxyl groups excluding tert-OH is 2. The average molecular weight is 824 g/mol. The molecule has 10 nitrogen and oxygen atoms in total. The van der Waals surface area contributed by atoms with Crippen molar-refractivity contribution in [1.82, 2.24) is 10.3 Å². The standard InChI is InChI=1S/C50H69N3O7/c1-2-3-6-11-34-16-17-37(46(56)27-34)14-9-5-10-15-41(49(58)59)45(55)20-22-50(60)32-36(24-35-21-23-52-48(51)28-35)25-38(50)29-39-18-19-44(53-39)42-30-40(54)31-47(57)43(42)26-33-12-7-4-8-13-33/h4,7-8,12-13,16-19,21,28,30-31,34,36-38,41,45-46,52-57,60H,2-3,5-6,9-11,14-15,20,22-27,29,32,51H2,1H3,(H,58,59)/t34-,36-,37-,38+,41+,45-,46-,50+/m1/s1. The van der Waals surface area contributed by atoms with Gasteiger partial charge in [0.15, 0.2) is 0 Å². The van der Waals surface area contributed by atoms with Gasteiger partial charge in [-0.05, 0) is 117 Å². The molecule has 1 aliphatic heterocycles. The SMILES string of the molecule is CCCCC[C@@H]1C=C[C@@H](CCCCC[C@H](C(=O)O)[C@H](O)CC[C@]2(O)C[C@H](CC3=CCNC(N)=C3)C[C@H]2Cc2ccc(-c3cc(O)cc(O)c3Cc3ccccc3)[nH]2)[C@H](O)C1. The Morgan fingerprint density at radius 2 is 1.75 bits per heavy atom. The van der Waals surface area contributed by atoms with Crippen LogP contribution in [0.2, 0.25) is 0 Å². The molecule has 60 heavy (non-hydrogen) atoms. The number of phenols is 2. The molecule has 0 bridgehead atoms. The fourth-order valence-corrected chi connectivity index (χ4v) is 10.2. The number of aromatic amines is 1. The zero-order valence-corrected chi connectivity index (χ0v) is 35.4. The number of carboxylic acid groups (broad SMARTS) is 1. The van der Waals surface area contributed by atoms with Gasteiger partial charge in [-0.2, -0.15) is 0 Å². The van der Waals surface area contributed by atoms with E-state index in [1.54, 1.807) is 6.07 Å². The topological polar surface area (TPSA) is 192 Å². The van der Waals surface area contributed by atoms with Gasteiger partial charge in [-0.15, -0.1) is 0 Å². The number of allylic oxidation sites excluding steroid dienone is 3. The van der Waals surface area contributed by atoms with E-state index in [0.29, 0.717) is 61.5 Å². The number of benzene rings is 2. The molecule has 0 spiro atoms. The van der Waals surface area contributed by atoms with Crippen molar-refractivity contribution < 1.29 is 35.4 Å². The molecule has 0 unspecified atom stereocenters. The van der Waals surface area contributed by atoms with Gasteiger partial charge in [0.1, 0.15) is 11.5 Å². The summed E-state index contributed by atoms with van der Waals surface area (Å²) in [4.78, 5) is 16.0. The van der Waals surface area contributed by atoms with Crippen molar-refractivity contribution in [3.8, 4) is 22.8 Å². The first-order valence-electron chi connectivity index (χ1n) is 22.6. The number of carboxylic acids is 1. The van der Waals surface area contributed by atoms with E-state index in [2.05, 4.69) is 35.5 Å². The van der Waals surface area contributed by atoms with Crippen molar-refractivity contribution in [2.75, 3.05) is 6.54 Å². The Bertz CT molecular complexity index is 1940. The number of aromatic nitrogens is 1. The number of hydrogen-bond donors (Lipinski definition) is 9. The first-order valence-corrected chi connectivity index (χ1v) is 22.6. The van der Waals surface area contributed by atoms with Gasteiger partial charge in [-0.1, -0.05) is 94.0 Å². The first-order chi connectivity index (χ1) is 28.9. The number of phenolic OH excluding ortho intramolecular Hbond substituents is 2. The highest BCUT2D eigenvalue weighted by molar-refractivity contribution is 5.71. The molecule has 6 rings (SSSR count). The number of aromatic hydroxyl groups is 2. The van der Waals surface area contributed by atoms with Crippen LogP contribution in [0.1, 0.15) is 120 Å². The molecule has 0 radical (unpaired) electrons. The highest BCUT2D eigenvalue weighted by Crippen LogP contribution is 2.47. The third-order valence-corrected chi connectivity index (χ3v) is 13.5. The second kappa shape index (κ2) is 21.3. The van der Waals surface area contributed by atoms with Crippen LogP contribution in [0, 0.1) is 29.6 Å². The van der Waals surface area contributed by atoms with Crippen LogP contribution in [0.3, 0.4) is 0 Å². The highest BCUT2D eigenvalue weighted by atomic mass is 16.4. The lowest BCUT2D eigenvalue weighted by Gasteiger charge is -2.32. The fraction of sp³-hybridized carbons (Fsp3) is 0.540. The smallest absolute Gasteiger partial charge is 0.309 e. The molecule has 1 aromatic heterocycles. The van der Waals surface area contributed by atoms with Gasteiger partial charge in [0.05, 0.1) is 29.5 Å². The van der Waals surface area contributed by atoms with E-state index < -0.39 is 23.6 Å². The molecule has 3 aliphatic rings. The zero-order valence-electron chi connectivity index (χ0n) is 35.4. The molecule has 8 atom stereocenters. The van der Waals surface area contributed by atoms with E-state index in [1.807, 2.05) is 48.5 Å². The van der Waals surface area contributed by atoms with E-state index in [0.717, 1.165) is 67.5 Å². The summed E-state index contributed by atoms with van der Waals surface area (Å²) in [5.41, 5.74) is 10.2. The van der Waals surface area contributed by atoms with Crippen LogP contribution in [0.15, 0.2) is 90.3 Å². The predicted molar refractivity (Wildman–Crippen MR) is 237 cm³/mol. The Balaban J connectivity index is 1.08. The molecule has 2 aliphatic carbocycles. The van der Waals surface area contributed by atoms with E-state index in [4.69, 9.17) is 5.73 Å².